The van der Waals surface area contributed by atoms with E-state index in [0.29, 0.717) is 11.8 Å². The van der Waals surface area contributed by atoms with Crippen LogP contribution in [0.3, 0.4) is 0 Å². The Hall–Kier alpha value is -1.66. The van der Waals surface area contributed by atoms with Gasteiger partial charge in [0.05, 0.1) is 0 Å². The summed E-state index contributed by atoms with van der Waals surface area (Å²) >= 11 is 0. The molecule has 0 amide bonds. The van der Waals surface area contributed by atoms with E-state index in [0.717, 1.165) is 6.42 Å². The molecule has 2 atom stereocenters. The molecule has 3 aliphatic carbocycles. The summed E-state index contributed by atoms with van der Waals surface area (Å²) in [5, 5.41) is 2.69. The molecule has 3 heteroatoms. The van der Waals surface area contributed by atoms with Crippen LogP contribution in [0.1, 0.15) is 29.9 Å². The van der Waals surface area contributed by atoms with Gasteiger partial charge in [-0.1, -0.05) is 90.6 Å². The molecule has 0 N–H and O–H groups in total. The van der Waals surface area contributed by atoms with Gasteiger partial charge in [0, 0.05) is 11.8 Å². The van der Waals surface area contributed by atoms with E-state index in [2.05, 4.69) is 97.1 Å². The van der Waals surface area contributed by atoms with Crippen molar-refractivity contribution in [2.75, 3.05) is 0 Å². The fourth-order valence-electron chi connectivity index (χ4n) is 5.21. The van der Waals surface area contributed by atoms with Crippen LogP contribution in [0.4, 0.5) is 0 Å². The molecule has 0 bridgehead atoms. The molecule has 0 saturated heterocycles. The summed E-state index contributed by atoms with van der Waals surface area (Å²) in [6.07, 6.45) is 15.9. The summed E-state index contributed by atoms with van der Waals surface area (Å²) in [5.74, 6) is 0.988. The molecule has 0 saturated carbocycles. The molecule has 6 rings (SSSR count). The molecular weight excluding hydrogens is 498 g/mol. The van der Waals surface area contributed by atoms with Gasteiger partial charge in [-0.25, -0.2) is 0 Å². The predicted molar refractivity (Wildman–Crippen MR) is 118 cm³/mol. The summed E-state index contributed by atoms with van der Waals surface area (Å²) in [5.41, 5.74) is 8.86. The zero-order valence-electron chi connectivity index (χ0n) is 17.1. The van der Waals surface area contributed by atoms with Crippen molar-refractivity contribution in [1.82, 2.24) is 0 Å². The average Bonchev–Trinajstić information content (AvgIpc) is 3.29. The molecule has 0 fully saturated rings. The maximum atomic E-state index is 2.44. The third kappa shape index (κ3) is 4.09. The Kier molecular flexibility index (Phi) is 7.64. The number of hydrogen-bond acceptors (Lipinski definition) is 0. The van der Waals surface area contributed by atoms with Crippen LogP contribution in [0.2, 0.25) is 0 Å². The first-order chi connectivity index (χ1) is 13.9. The monoisotopic (exact) mass is 518 g/mol. The van der Waals surface area contributed by atoms with Gasteiger partial charge in [0.1, 0.15) is 0 Å². The normalized spacial score (nSPS) is 19.2. The van der Waals surface area contributed by atoms with Crippen LogP contribution in [-0.2, 0) is 26.2 Å². The Labute approximate surface area is 215 Å². The van der Waals surface area contributed by atoms with Gasteiger partial charge in [-0.3, -0.25) is 0 Å². The number of rotatable bonds is 3. The zero-order valence-corrected chi connectivity index (χ0v) is 21.0. The van der Waals surface area contributed by atoms with Gasteiger partial charge in [0.25, 0.3) is 0 Å². The van der Waals surface area contributed by atoms with Gasteiger partial charge in [0.2, 0.25) is 0 Å². The summed E-state index contributed by atoms with van der Waals surface area (Å²) in [6.45, 7) is 0. The van der Waals surface area contributed by atoms with Gasteiger partial charge >= 0.3 is 26.2 Å². The summed E-state index contributed by atoms with van der Waals surface area (Å²) in [4.78, 5) is 0. The third-order valence-electron chi connectivity index (χ3n) is 6.59. The van der Waals surface area contributed by atoms with E-state index < -0.39 is 0 Å². The molecule has 0 aromatic heterocycles. The van der Waals surface area contributed by atoms with E-state index >= 15 is 0 Å². The van der Waals surface area contributed by atoms with E-state index in [1.54, 1.807) is 5.57 Å². The van der Waals surface area contributed by atoms with Crippen LogP contribution in [-0.4, -0.2) is 0 Å². The second-order valence-electron chi connectivity index (χ2n) is 8.10. The van der Waals surface area contributed by atoms with E-state index in [9.17, 15) is 0 Å². The van der Waals surface area contributed by atoms with E-state index in [4.69, 9.17) is 0 Å². The molecule has 3 aromatic rings. The molecular formula is C28H22Cl2Zr. The minimum absolute atomic E-state index is 0. The van der Waals surface area contributed by atoms with Crippen LogP contribution < -0.4 is 24.8 Å². The Balaban J connectivity index is 0.000000907. The molecule has 3 aliphatic rings. The van der Waals surface area contributed by atoms with Crippen LogP contribution in [0, 0.1) is 5.92 Å². The number of fused-ring (bicyclic) bond motifs is 5. The van der Waals surface area contributed by atoms with Crippen LogP contribution in [0.15, 0.2) is 108 Å². The van der Waals surface area contributed by atoms with Crippen molar-refractivity contribution in [3.05, 3.63) is 119 Å². The van der Waals surface area contributed by atoms with Crippen molar-refractivity contribution in [3.63, 3.8) is 0 Å². The number of allylic oxidation sites excluding steroid dienone is 8. The SMILES string of the molecule is C1=CC2=CC=C(CCC3c4ccccc4-c4cc5ccccc5cc43)C2C=C1.[Cl-].[Cl-].[Zr+2]. The Morgan fingerprint density at radius 1 is 0.710 bits per heavy atom. The number of benzene rings is 3. The summed E-state index contributed by atoms with van der Waals surface area (Å²) in [7, 11) is 0. The molecule has 2 unspecified atom stereocenters. The molecule has 152 valence electrons. The summed E-state index contributed by atoms with van der Waals surface area (Å²) in [6, 6.07) is 22.6. The number of halogens is 2. The molecule has 31 heavy (non-hydrogen) atoms. The van der Waals surface area contributed by atoms with Crippen molar-refractivity contribution in [2.24, 2.45) is 5.92 Å². The fraction of sp³-hybridized carbons (Fsp3) is 0.143. The third-order valence-corrected chi connectivity index (χ3v) is 6.59. The minimum Gasteiger partial charge on any atom is -1.00 e. The molecule has 0 nitrogen and oxygen atoms in total. The molecule has 0 spiro atoms. The maximum Gasteiger partial charge on any atom is 2.00 e. The first-order valence-electron chi connectivity index (χ1n) is 10.3. The molecule has 3 aromatic carbocycles. The van der Waals surface area contributed by atoms with Gasteiger partial charge in [-0.15, -0.1) is 0 Å². The second kappa shape index (κ2) is 9.87. The standard InChI is InChI=1S/C28H22.2ClH.Zr/c1-2-9-22-18-28-26(16-15-20-14-13-19-7-3-4-10-23(19)20)24-11-5-6-12-25(24)27(28)17-21(22)8-1;;;/h1-14,17-18,23,26H,15-16H2;2*1H;/q;;;+2/p-2. The first kappa shape index (κ1) is 24.0. The maximum absolute atomic E-state index is 2.44. The van der Waals surface area contributed by atoms with E-state index in [1.165, 1.54) is 45.0 Å². The van der Waals surface area contributed by atoms with Crippen LogP contribution in [0.25, 0.3) is 21.9 Å². The van der Waals surface area contributed by atoms with Crippen LogP contribution >= 0.6 is 0 Å². The van der Waals surface area contributed by atoms with E-state index in [1.807, 2.05) is 0 Å². The van der Waals surface area contributed by atoms with E-state index in [-0.39, 0.29) is 51.0 Å². The zero-order chi connectivity index (χ0) is 18.5. The first-order valence-corrected chi connectivity index (χ1v) is 10.3. The van der Waals surface area contributed by atoms with Gasteiger partial charge < -0.3 is 24.8 Å². The number of hydrogen-bond donors (Lipinski definition) is 0. The summed E-state index contributed by atoms with van der Waals surface area (Å²) < 4.78 is 0. The van der Waals surface area contributed by atoms with Crippen molar-refractivity contribution in [2.45, 2.75) is 18.8 Å². The Morgan fingerprint density at radius 3 is 2.29 bits per heavy atom. The van der Waals surface area contributed by atoms with Crippen molar-refractivity contribution >= 4 is 10.8 Å². The van der Waals surface area contributed by atoms with Crippen molar-refractivity contribution in [3.8, 4) is 11.1 Å². The molecule has 0 radical (unpaired) electrons. The predicted octanol–water partition coefficient (Wildman–Crippen LogP) is 1.35. The van der Waals surface area contributed by atoms with Gasteiger partial charge in [0.15, 0.2) is 0 Å². The Bertz CT molecular complexity index is 1230. The minimum atomic E-state index is 0. The largest absolute Gasteiger partial charge is 2.00 e. The van der Waals surface area contributed by atoms with Gasteiger partial charge in [-0.2, -0.15) is 0 Å². The van der Waals surface area contributed by atoms with Gasteiger partial charge in [-0.05, 0) is 63.6 Å². The van der Waals surface area contributed by atoms with Crippen molar-refractivity contribution < 1.29 is 51.0 Å². The smallest absolute Gasteiger partial charge is 1.00 e. The average molecular weight is 521 g/mol. The Morgan fingerprint density at radius 2 is 1.45 bits per heavy atom. The second-order valence-corrected chi connectivity index (χ2v) is 8.10. The molecule has 0 aliphatic heterocycles. The quantitative estimate of drug-likeness (QED) is 0.489. The van der Waals surface area contributed by atoms with Crippen molar-refractivity contribution in [1.29, 1.82) is 0 Å². The molecule has 0 heterocycles. The van der Waals surface area contributed by atoms with Crippen LogP contribution in [0.5, 0.6) is 0 Å². The fourth-order valence-corrected chi connectivity index (χ4v) is 5.21. The topological polar surface area (TPSA) is 0 Å².